The van der Waals surface area contributed by atoms with Gasteiger partial charge in [-0.15, -0.1) is 0 Å². The maximum atomic E-state index is 4.10. The van der Waals surface area contributed by atoms with Gasteiger partial charge in [0.2, 0.25) is 0 Å². The Hall–Kier alpha value is -0.890. The predicted molar refractivity (Wildman–Crippen MR) is 76.5 cm³/mol. The summed E-state index contributed by atoms with van der Waals surface area (Å²) in [6, 6.07) is 4.94. The number of pyridine rings is 1. The molecule has 2 atom stereocenters. The van der Waals surface area contributed by atoms with Crippen LogP contribution >= 0.6 is 0 Å². The highest BCUT2D eigenvalue weighted by molar-refractivity contribution is 5.11. The standard InChI is InChI=1S/C16H26N2/c1-13(2)18-12-16-6-4-3-5-15(16)11-14-7-9-17-10-8-14/h7-10,13,15-16,18H,3-6,11-12H2,1-2H3. The highest BCUT2D eigenvalue weighted by Gasteiger charge is 2.25. The SMILES string of the molecule is CC(C)NCC1CCCCC1Cc1ccncc1. The molecule has 1 saturated carbocycles. The van der Waals surface area contributed by atoms with Crippen molar-refractivity contribution < 1.29 is 0 Å². The van der Waals surface area contributed by atoms with Crippen LogP contribution in [-0.2, 0) is 6.42 Å². The zero-order valence-electron chi connectivity index (χ0n) is 11.7. The molecule has 0 amide bonds. The molecule has 0 aromatic carbocycles. The molecule has 2 rings (SSSR count). The number of aromatic nitrogens is 1. The van der Waals surface area contributed by atoms with Crippen LogP contribution in [0, 0.1) is 11.8 Å². The molecule has 0 radical (unpaired) electrons. The largest absolute Gasteiger partial charge is 0.314 e. The van der Waals surface area contributed by atoms with E-state index < -0.39 is 0 Å². The molecule has 2 nitrogen and oxygen atoms in total. The van der Waals surface area contributed by atoms with Gasteiger partial charge in [0, 0.05) is 18.4 Å². The number of hydrogen-bond acceptors (Lipinski definition) is 2. The first-order valence-corrected chi connectivity index (χ1v) is 7.38. The molecule has 1 N–H and O–H groups in total. The molecule has 1 aromatic heterocycles. The van der Waals surface area contributed by atoms with Crippen molar-refractivity contribution in [3.8, 4) is 0 Å². The second-order valence-electron chi connectivity index (χ2n) is 5.93. The lowest BCUT2D eigenvalue weighted by Crippen LogP contribution is -2.34. The summed E-state index contributed by atoms with van der Waals surface area (Å²) in [5, 5.41) is 3.62. The van der Waals surface area contributed by atoms with E-state index in [0.717, 1.165) is 11.8 Å². The Morgan fingerprint density at radius 3 is 2.50 bits per heavy atom. The quantitative estimate of drug-likeness (QED) is 0.861. The summed E-state index contributed by atoms with van der Waals surface area (Å²) in [6.45, 7) is 5.66. The van der Waals surface area contributed by atoms with E-state index in [4.69, 9.17) is 0 Å². The number of nitrogens with one attached hydrogen (secondary N) is 1. The first kappa shape index (κ1) is 13.5. The van der Waals surface area contributed by atoms with Gasteiger partial charge in [0.15, 0.2) is 0 Å². The Balaban J connectivity index is 1.91. The summed E-state index contributed by atoms with van der Waals surface area (Å²) in [5.41, 5.74) is 1.45. The Morgan fingerprint density at radius 1 is 1.17 bits per heavy atom. The summed E-state index contributed by atoms with van der Waals surface area (Å²) in [5.74, 6) is 1.71. The highest BCUT2D eigenvalue weighted by atomic mass is 14.9. The second-order valence-corrected chi connectivity index (χ2v) is 5.93. The van der Waals surface area contributed by atoms with Gasteiger partial charge in [-0.3, -0.25) is 4.98 Å². The van der Waals surface area contributed by atoms with Gasteiger partial charge in [-0.1, -0.05) is 26.7 Å². The highest BCUT2D eigenvalue weighted by Crippen LogP contribution is 2.32. The van der Waals surface area contributed by atoms with Crippen molar-refractivity contribution in [2.24, 2.45) is 11.8 Å². The fraction of sp³-hybridized carbons (Fsp3) is 0.688. The van der Waals surface area contributed by atoms with E-state index in [1.165, 1.54) is 44.2 Å². The van der Waals surface area contributed by atoms with Gasteiger partial charge in [-0.25, -0.2) is 0 Å². The van der Waals surface area contributed by atoms with E-state index in [1.54, 1.807) is 0 Å². The molecule has 2 heteroatoms. The van der Waals surface area contributed by atoms with Crippen LogP contribution < -0.4 is 5.32 Å². The molecular weight excluding hydrogens is 220 g/mol. The van der Waals surface area contributed by atoms with Gasteiger partial charge in [0.25, 0.3) is 0 Å². The van der Waals surface area contributed by atoms with E-state index in [-0.39, 0.29) is 0 Å². The number of hydrogen-bond donors (Lipinski definition) is 1. The number of nitrogens with zero attached hydrogens (tertiary/aromatic N) is 1. The third kappa shape index (κ3) is 4.09. The van der Waals surface area contributed by atoms with Crippen LogP contribution in [0.15, 0.2) is 24.5 Å². The summed E-state index contributed by atoms with van der Waals surface area (Å²) in [4.78, 5) is 4.10. The van der Waals surface area contributed by atoms with Gasteiger partial charge in [0.1, 0.15) is 0 Å². The minimum atomic E-state index is 0.605. The number of rotatable bonds is 5. The predicted octanol–water partition coefficient (Wildman–Crippen LogP) is 3.43. The van der Waals surface area contributed by atoms with Crippen molar-refractivity contribution in [2.45, 2.75) is 52.0 Å². The van der Waals surface area contributed by atoms with Crippen molar-refractivity contribution in [3.63, 3.8) is 0 Å². The third-order valence-corrected chi connectivity index (χ3v) is 4.10. The topological polar surface area (TPSA) is 24.9 Å². The van der Waals surface area contributed by atoms with Gasteiger partial charge in [-0.05, 0) is 55.3 Å². The Kier molecular flexibility index (Phi) is 5.18. The normalized spacial score (nSPS) is 24.4. The van der Waals surface area contributed by atoms with Crippen molar-refractivity contribution in [1.29, 1.82) is 0 Å². The molecule has 0 bridgehead atoms. The monoisotopic (exact) mass is 246 g/mol. The summed E-state index contributed by atoms with van der Waals surface area (Å²) in [7, 11) is 0. The molecule has 1 fully saturated rings. The molecule has 1 aliphatic rings. The molecule has 100 valence electrons. The van der Waals surface area contributed by atoms with Crippen LogP contribution in [-0.4, -0.2) is 17.6 Å². The summed E-state index contributed by atoms with van der Waals surface area (Å²) < 4.78 is 0. The maximum Gasteiger partial charge on any atom is 0.0270 e. The van der Waals surface area contributed by atoms with Crippen molar-refractivity contribution in [2.75, 3.05) is 6.54 Å². The first-order chi connectivity index (χ1) is 8.75. The van der Waals surface area contributed by atoms with Crippen LogP contribution in [0.1, 0.15) is 45.1 Å². The molecule has 0 saturated heterocycles. The summed E-state index contributed by atoms with van der Waals surface area (Å²) in [6.07, 6.45) is 10.7. The molecule has 0 spiro atoms. The van der Waals surface area contributed by atoms with Crippen LogP contribution in [0.3, 0.4) is 0 Å². The van der Waals surface area contributed by atoms with Crippen LogP contribution in [0.25, 0.3) is 0 Å². The Morgan fingerprint density at radius 2 is 1.83 bits per heavy atom. The molecule has 1 heterocycles. The molecule has 1 aromatic rings. The zero-order valence-corrected chi connectivity index (χ0v) is 11.7. The van der Waals surface area contributed by atoms with Gasteiger partial charge < -0.3 is 5.32 Å². The van der Waals surface area contributed by atoms with E-state index in [1.807, 2.05) is 12.4 Å². The molecular formula is C16H26N2. The maximum absolute atomic E-state index is 4.10. The molecule has 18 heavy (non-hydrogen) atoms. The zero-order chi connectivity index (χ0) is 12.8. The lowest BCUT2D eigenvalue weighted by atomic mass is 9.76. The minimum Gasteiger partial charge on any atom is -0.314 e. The Bertz CT molecular complexity index is 334. The lowest BCUT2D eigenvalue weighted by Gasteiger charge is -2.32. The fourth-order valence-corrected chi connectivity index (χ4v) is 3.03. The van der Waals surface area contributed by atoms with E-state index >= 15 is 0 Å². The van der Waals surface area contributed by atoms with Crippen molar-refractivity contribution in [1.82, 2.24) is 10.3 Å². The molecule has 0 aliphatic heterocycles. The van der Waals surface area contributed by atoms with E-state index in [0.29, 0.717) is 6.04 Å². The van der Waals surface area contributed by atoms with Gasteiger partial charge in [-0.2, -0.15) is 0 Å². The first-order valence-electron chi connectivity index (χ1n) is 7.38. The molecule has 1 aliphatic carbocycles. The Labute approximate surface area is 111 Å². The minimum absolute atomic E-state index is 0.605. The lowest BCUT2D eigenvalue weighted by molar-refractivity contribution is 0.224. The van der Waals surface area contributed by atoms with Crippen LogP contribution in [0.4, 0.5) is 0 Å². The summed E-state index contributed by atoms with van der Waals surface area (Å²) >= 11 is 0. The van der Waals surface area contributed by atoms with Crippen LogP contribution in [0.5, 0.6) is 0 Å². The van der Waals surface area contributed by atoms with E-state index in [9.17, 15) is 0 Å². The fourth-order valence-electron chi connectivity index (χ4n) is 3.03. The second kappa shape index (κ2) is 6.89. The average Bonchev–Trinajstić information content (AvgIpc) is 2.39. The van der Waals surface area contributed by atoms with Crippen LogP contribution in [0.2, 0.25) is 0 Å². The third-order valence-electron chi connectivity index (χ3n) is 4.10. The van der Waals surface area contributed by atoms with Gasteiger partial charge in [0.05, 0.1) is 0 Å². The smallest absolute Gasteiger partial charge is 0.0270 e. The van der Waals surface area contributed by atoms with Crippen molar-refractivity contribution in [3.05, 3.63) is 30.1 Å². The molecule has 2 unspecified atom stereocenters. The van der Waals surface area contributed by atoms with Gasteiger partial charge >= 0.3 is 0 Å². The average molecular weight is 246 g/mol. The van der Waals surface area contributed by atoms with E-state index in [2.05, 4.69) is 36.3 Å². The van der Waals surface area contributed by atoms with Crippen molar-refractivity contribution >= 4 is 0 Å².